The summed E-state index contributed by atoms with van der Waals surface area (Å²) in [6.45, 7) is 8.48. The number of hydrogen-bond acceptors (Lipinski definition) is 1. The summed E-state index contributed by atoms with van der Waals surface area (Å²) in [5, 5.41) is 3.68. The van der Waals surface area contributed by atoms with Gasteiger partial charge in [0.15, 0.2) is 0 Å². The van der Waals surface area contributed by atoms with Gasteiger partial charge in [-0.3, -0.25) is 0 Å². The minimum atomic E-state index is 0.584. The lowest BCUT2D eigenvalue weighted by atomic mass is 9.83. The molecular weight excluding hydrogens is 182 g/mol. The molecule has 1 aliphatic heterocycles. The third-order valence-corrected chi connectivity index (χ3v) is 3.49. The summed E-state index contributed by atoms with van der Waals surface area (Å²) in [6.07, 6.45) is 10.4. The van der Waals surface area contributed by atoms with Crippen molar-refractivity contribution in [1.29, 1.82) is 0 Å². The topological polar surface area (TPSA) is 12.0 Å². The molecule has 0 radical (unpaired) electrons. The summed E-state index contributed by atoms with van der Waals surface area (Å²) in [4.78, 5) is 0. The fourth-order valence-electron chi connectivity index (χ4n) is 2.77. The van der Waals surface area contributed by atoms with Crippen molar-refractivity contribution < 1.29 is 0 Å². The largest absolute Gasteiger partial charge is 0.384 e. The smallest absolute Gasteiger partial charge is 0.0367 e. The van der Waals surface area contributed by atoms with Crippen LogP contribution >= 0.6 is 0 Å². The fourth-order valence-corrected chi connectivity index (χ4v) is 2.77. The predicted octanol–water partition coefficient (Wildman–Crippen LogP) is 3.41. The molecule has 15 heavy (non-hydrogen) atoms. The first-order chi connectivity index (χ1) is 7.26. The summed E-state index contributed by atoms with van der Waals surface area (Å²) in [5.74, 6) is 1.30. The van der Waals surface area contributed by atoms with Crippen molar-refractivity contribution in [2.45, 2.75) is 39.2 Å². The number of fused-ring (bicyclic) bond motifs is 1. The highest BCUT2D eigenvalue weighted by molar-refractivity contribution is 5.37. The van der Waals surface area contributed by atoms with Crippen molar-refractivity contribution >= 4 is 0 Å². The Morgan fingerprint density at radius 3 is 3.00 bits per heavy atom. The Hall–Kier alpha value is -0.980. The SMILES string of the molecule is C=CC1=C(CCC)NC2CC(C)C=C[C@@H]12. The molecule has 0 fully saturated rings. The molecule has 0 amide bonds. The van der Waals surface area contributed by atoms with Crippen LogP contribution in [0.2, 0.25) is 0 Å². The zero-order valence-electron chi connectivity index (χ0n) is 9.79. The van der Waals surface area contributed by atoms with Crippen LogP contribution in [0.5, 0.6) is 0 Å². The second-order valence-electron chi connectivity index (χ2n) is 4.76. The van der Waals surface area contributed by atoms with Gasteiger partial charge >= 0.3 is 0 Å². The summed E-state index contributed by atoms with van der Waals surface area (Å²) in [7, 11) is 0. The van der Waals surface area contributed by atoms with Crippen LogP contribution in [0.3, 0.4) is 0 Å². The van der Waals surface area contributed by atoms with Gasteiger partial charge in [-0.05, 0) is 24.3 Å². The van der Waals surface area contributed by atoms with Crippen LogP contribution in [0.4, 0.5) is 0 Å². The Kier molecular flexibility index (Phi) is 2.99. The third-order valence-electron chi connectivity index (χ3n) is 3.49. The Morgan fingerprint density at radius 2 is 2.33 bits per heavy atom. The highest BCUT2D eigenvalue weighted by Crippen LogP contribution is 2.36. The van der Waals surface area contributed by atoms with Gasteiger partial charge in [0.2, 0.25) is 0 Å². The molecule has 0 saturated heterocycles. The quantitative estimate of drug-likeness (QED) is 0.693. The Bertz CT molecular complexity index is 311. The Labute approximate surface area is 93.0 Å². The molecule has 1 N–H and O–H groups in total. The molecular formula is C14H21N. The molecule has 0 aromatic carbocycles. The highest BCUT2D eigenvalue weighted by Gasteiger charge is 2.33. The number of allylic oxidation sites excluding steroid dienone is 3. The summed E-state index contributed by atoms with van der Waals surface area (Å²) in [6, 6.07) is 0.625. The van der Waals surface area contributed by atoms with Gasteiger partial charge in [-0.25, -0.2) is 0 Å². The lowest BCUT2D eigenvalue weighted by molar-refractivity contribution is 0.422. The van der Waals surface area contributed by atoms with Crippen molar-refractivity contribution in [3.63, 3.8) is 0 Å². The third kappa shape index (κ3) is 1.88. The van der Waals surface area contributed by atoms with E-state index in [1.54, 1.807) is 0 Å². The molecule has 0 bridgehead atoms. The maximum atomic E-state index is 3.95. The fraction of sp³-hybridized carbons (Fsp3) is 0.571. The molecule has 82 valence electrons. The molecule has 2 rings (SSSR count). The number of nitrogens with one attached hydrogen (secondary N) is 1. The summed E-state index contributed by atoms with van der Waals surface area (Å²) in [5.41, 5.74) is 2.87. The van der Waals surface area contributed by atoms with Crippen LogP contribution in [0.15, 0.2) is 36.1 Å². The molecule has 0 spiro atoms. The van der Waals surface area contributed by atoms with E-state index >= 15 is 0 Å². The Balaban J connectivity index is 2.21. The van der Waals surface area contributed by atoms with Gasteiger partial charge in [0.05, 0.1) is 0 Å². The van der Waals surface area contributed by atoms with E-state index < -0.39 is 0 Å². The van der Waals surface area contributed by atoms with Crippen LogP contribution in [-0.4, -0.2) is 6.04 Å². The van der Waals surface area contributed by atoms with Gasteiger partial charge < -0.3 is 5.32 Å². The average Bonchev–Trinajstić information content (AvgIpc) is 2.54. The van der Waals surface area contributed by atoms with Gasteiger partial charge in [-0.2, -0.15) is 0 Å². The van der Waals surface area contributed by atoms with Crippen LogP contribution in [-0.2, 0) is 0 Å². The van der Waals surface area contributed by atoms with Gasteiger partial charge in [-0.1, -0.05) is 45.1 Å². The van der Waals surface area contributed by atoms with Gasteiger partial charge in [0.1, 0.15) is 0 Å². The van der Waals surface area contributed by atoms with E-state index in [1.165, 1.54) is 24.1 Å². The molecule has 1 aliphatic carbocycles. The van der Waals surface area contributed by atoms with Crippen molar-refractivity contribution in [2.75, 3.05) is 0 Å². The second-order valence-corrected chi connectivity index (χ2v) is 4.76. The van der Waals surface area contributed by atoms with Crippen LogP contribution in [0.1, 0.15) is 33.1 Å². The molecule has 3 atom stereocenters. The predicted molar refractivity (Wildman–Crippen MR) is 65.5 cm³/mol. The summed E-state index contributed by atoms with van der Waals surface area (Å²) >= 11 is 0. The highest BCUT2D eigenvalue weighted by atomic mass is 15.0. The van der Waals surface area contributed by atoms with E-state index in [0.717, 1.165) is 6.42 Å². The molecule has 2 unspecified atom stereocenters. The number of rotatable bonds is 3. The van der Waals surface area contributed by atoms with Crippen LogP contribution in [0, 0.1) is 11.8 Å². The van der Waals surface area contributed by atoms with Crippen LogP contribution < -0.4 is 5.32 Å². The zero-order chi connectivity index (χ0) is 10.8. The van der Waals surface area contributed by atoms with E-state index in [0.29, 0.717) is 17.9 Å². The van der Waals surface area contributed by atoms with Crippen molar-refractivity contribution in [2.24, 2.45) is 11.8 Å². The molecule has 2 aliphatic rings. The first-order valence-electron chi connectivity index (χ1n) is 6.06. The van der Waals surface area contributed by atoms with Crippen molar-refractivity contribution in [3.05, 3.63) is 36.1 Å². The van der Waals surface area contributed by atoms with Crippen molar-refractivity contribution in [3.8, 4) is 0 Å². The molecule has 0 aromatic heterocycles. The normalized spacial score (nSPS) is 33.9. The lowest BCUT2D eigenvalue weighted by Crippen LogP contribution is -2.32. The van der Waals surface area contributed by atoms with Gasteiger partial charge in [-0.15, -0.1) is 0 Å². The lowest BCUT2D eigenvalue weighted by Gasteiger charge is -2.26. The molecule has 1 heteroatoms. The van der Waals surface area contributed by atoms with Gasteiger partial charge in [0, 0.05) is 17.7 Å². The van der Waals surface area contributed by atoms with Gasteiger partial charge in [0.25, 0.3) is 0 Å². The minimum Gasteiger partial charge on any atom is -0.384 e. The van der Waals surface area contributed by atoms with E-state index in [-0.39, 0.29) is 0 Å². The van der Waals surface area contributed by atoms with E-state index in [4.69, 9.17) is 0 Å². The van der Waals surface area contributed by atoms with Crippen LogP contribution in [0.25, 0.3) is 0 Å². The number of hydrogen-bond donors (Lipinski definition) is 1. The van der Waals surface area contributed by atoms with E-state index in [1.807, 2.05) is 6.08 Å². The average molecular weight is 203 g/mol. The molecule has 0 saturated carbocycles. The Morgan fingerprint density at radius 1 is 1.53 bits per heavy atom. The molecule has 0 aromatic rings. The second kappa shape index (κ2) is 4.26. The van der Waals surface area contributed by atoms with E-state index in [2.05, 4.69) is 37.9 Å². The molecule has 1 nitrogen and oxygen atoms in total. The minimum absolute atomic E-state index is 0.584. The summed E-state index contributed by atoms with van der Waals surface area (Å²) < 4.78 is 0. The maximum absolute atomic E-state index is 3.95. The first kappa shape index (κ1) is 10.5. The zero-order valence-corrected chi connectivity index (χ0v) is 9.79. The molecule has 1 heterocycles. The monoisotopic (exact) mass is 203 g/mol. The first-order valence-corrected chi connectivity index (χ1v) is 6.06. The van der Waals surface area contributed by atoms with Crippen molar-refractivity contribution in [1.82, 2.24) is 5.32 Å². The maximum Gasteiger partial charge on any atom is 0.0367 e. The standard InChI is InChI=1S/C14H21N/c1-4-6-13-11(5-2)12-8-7-10(3)9-14(12)15-13/h5,7-8,10,12,14-15H,2,4,6,9H2,1,3H3/t10?,12-,14?/m0/s1. The van der Waals surface area contributed by atoms with E-state index in [9.17, 15) is 0 Å².